The van der Waals surface area contributed by atoms with Crippen LogP contribution in [-0.4, -0.2) is 62.7 Å². The van der Waals surface area contributed by atoms with E-state index in [0.29, 0.717) is 0 Å². The second-order valence-corrected chi connectivity index (χ2v) is 5.79. The van der Waals surface area contributed by atoms with Crippen molar-refractivity contribution in [1.82, 2.24) is 15.1 Å². The van der Waals surface area contributed by atoms with Gasteiger partial charge in [-0.1, -0.05) is 0 Å². The highest BCUT2D eigenvalue weighted by Gasteiger charge is 2.34. The summed E-state index contributed by atoms with van der Waals surface area (Å²) in [6, 6.07) is 1.53. The minimum Gasteiger partial charge on any atom is -0.315 e. The van der Waals surface area contributed by atoms with E-state index in [-0.39, 0.29) is 0 Å². The molecule has 0 aromatic rings. The molecule has 3 nitrogen and oxygen atoms in total. The van der Waals surface area contributed by atoms with Crippen molar-refractivity contribution < 1.29 is 0 Å². The van der Waals surface area contributed by atoms with E-state index in [1.54, 1.807) is 0 Å². The van der Waals surface area contributed by atoms with Gasteiger partial charge in [0.2, 0.25) is 0 Å². The third-order valence-electron chi connectivity index (χ3n) is 4.07. The van der Waals surface area contributed by atoms with Gasteiger partial charge in [-0.25, -0.2) is 0 Å². The molecule has 1 heterocycles. The van der Waals surface area contributed by atoms with E-state index in [0.717, 1.165) is 18.0 Å². The molecule has 1 N–H and O–H groups in total. The molecular formula is C13H27N3. The lowest BCUT2D eigenvalue weighted by atomic mass is 10.1. The molecule has 1 aliphatic carbocycles. The van der Waals surface area contributed by atoms with Crippen LogP contribution in [0.2, 0.25) is 0 Å². The summed E-state index contributed by atoms with van der Waals surface area (Å²) in [5, 5.41) is 3.51. The van der Waals surface area contributed by atoms with Gasteiger partial charge in [0.05, 0.1) is 0 Å². The quantitative estimate of drug-likeness (QED) is 0.728. The molecule has 2 fully saturated rings. The van der Waals surface area contributed by atoms with Crippen molar-refractivity contribution in [2.45, 2.75) is 37.8 Å². The molecule has 0 aromatic carbocycles. The zero-order valence-electron chi connectivity index (χ0n) is 11.1. The molecule has 1 aliphatic heterocycles. The average Bonchev–Trinajstić information content (AvgIpc) is 2.98. The van der Waals surface area contributed by atoms with Gasteiger partial charge in [0.25, 0.3) is 0 Å². The predicted octanol–water partition coefficient (Wildman–Crippen LogP) is 1.01. The van der Waals surface area contributed by atoms with Crippen LogP contribution in [0.1, 0.15) is 25.7 Å². The summed E-state index contributed by atoms with van der Waals surface area (Å²) in [5.74, 6) is 0.964. The Morgan fingerprint density at radius 2 is 2.06 bits per heavy atom. The highest BCUT2D eigenvalue weighted by molar-refractivity contribution is 4.91. The Hall–Kier alpha value is -0.120. The van der Waals surface area contributed by atoms with Crippen molar-refractivity contribution in [3.63, 3.8) is 0 Å². The lowest BCUT2D eigenvalue weighted by Gasteiger charge is -2.30. The van der Waals surface area contributed by atoms with Crippen molar-refractivity contribution in [3.05, 3.63) is 0 Å². The maximum atomic E-state index is 3.51. The summed E-state index contributed by atoms with van der Waals surface area (Å²) >= 11 is 0. The van der Waals surface area contributed by atoms with Crippen LogP contribution in [0.4, 0.5) is 0 Å². The largest absolute Gasteiger partial charge is 0.315 e. The summed E-state index contributed by atoms with van der Waals surface area (Å²) < 4.78 is 0. The SMILES string of the molecule is CNC(CN1CCCC1CN(C)C)C1CC1. The van der Waals surface area contributed by atoms with Gasteiger partial charge in [-0.15, -0.1) is 0 Å². The van der Waals surface area contributed by atoms with Crippen LogP contribution in [0.3, 0.4) is 0 Å². The fourth-order valence-electron chi connectivity index (χ4n) is 2.99. The lowest BCUT2D eigenvalue weighted by Crippen LogP contribution is -2.45. The second-order valence-electron chi connectivity index (χ2n) is 5.79. The van der Waals surface area contributed by atoms with E-state index < -0.39 is 0 Å². The maximum Gasteiger partial charge on any atom is 0.0224 e. The molecule has 1 saturated heterocycles. The molecule has 3 heteroatoms. The second kappa shape index (κ2) is 5.48. The zero-order chi connectivity index (χ0) is 11.5. The van der Waals surface area contributed by atoms with Crippen LogP contribution in [0, 0.1) is 5.92 Å². The van der Waals surface area contributed by atoms with Crippen LogP contribution in [-0.2, 0) is 0 Å². The summed E-state index contributed by atoms with van der Waals surface area (Å²) in [4.78, 5) is 5.04. The minimum absolute atomic E-state index is 0.739. The first-order valence-corrected chi connectivity index (χ1v) is 6.76. The Bertz CT molecular complexity index is 213. The Balaban J connectivity index is 1.82. The Morgan fingerprint density at radius 3 is 2.62 bits per heavy atom. The van der Waals surface area contributed by atoms with Gasteiger partial charge < -0.3 is 10.2 Å². The molecule has 16 heavy (non-hydrogen) atoms. The molecule has 0 aromatic heterocycles. The van der Waals surface area contributed by atoms with Gasteiger partial charge >= 0.3 is 0 Å². The fraction of sp³-hybridized carbons (Fsp3) is 1.00. The van der Waals surface area contributed by atoms with Gasteiger partial charge in [0.1, 0.15) is 0 Å². The first-order chi connectivity index (χ1) is 7.70. The molecule has 2 rings (SSSR count). The molecule has 1 saturated carbocycles. The number of nitrogens with zero attached hydrogens (tertiary/aromatic N) is 2. The number of hydrogen-bond donors (Lipinski definition) is 1. The van der Waals surface area contributed by atoms with E-state index >= 15 is 0 Å². The molecule has 2 unspecified atom stereocenters. The first kappa shape index (κ1) is 12.3. The van der Waals surface area contributed by atoms with Crippen LogP contribution >= 0.6 is 0 Å². The minimum atomic E-state index is 0.739. The van der Waals surface area contributed by atoms with Crippen LogP contribution < -0.4 is 5.32 Å². The monoisotopic (exact) mass is 225 g/mol. The van der Waals surface area contributed by atoms with Crippen LogP contribution in [0.5, 0.6) is 0 Å². The van der Waals surface area contributed by atoms with Gasteiger partial charge in [-0.05, 0) is 59.3 Å². The predicted molar refractivity (Wildman–Crippen MR) is 68.7 cm³/mol. The Labute approximate surface area is 100 Å². The summed E-state index contributed by atoms with van der Waals surface area (Å²) in [6.45, 7) is 3.80. The van der Waals surface area contributed by atoms with Gasteiger partial charge in [-0.3, -0.25) is 4.90 Å². The van der Waals surface area contributed by atoms with Gasteiger partial charge in [-0.2, -0.15) is 0 Å². The van der Waals surface area contributed by atoms with Crippen molar-refractivity contribution >= 4 is 0 Å². The maximum absolute atomic E-state index is 3.51. The van der Waals surface area contributed by atoms with E-state index in [2.05, 4.69) is 36.3 Å². The molecule has 0 radical (unpaired) electrons. The molecule has 2 atom stereocenters. The summed E-state index contributed by atoms with van der Waals surface area (Å²) in [6.07, 6.45) is 5.66. The number of hydrogen-bond acceptors (Lipinski definition) is 3. The highest BCUT2D eigenvalue weighted by Crippen LogP contribution is 2.33. The van der Waals surface area contributed by atoms with Crippen LogP contribution in [0.25, 0.3) is 0 Å². The van der Waals surface area contributed by atoms with Gasteiger partial charge in [0.15, 0.2) is 0 Å². The smallest absolute Gasteiger partial charge is 0.0224 e. The average molecular weight is 225 g/mol. The third kappa shape index (κ3) is 3.19. The molecular weight excluding hydrogens is 198 g/mol. The van der Waals surface area contributed by atoms with E-state index in [1.165, 1.54) is 45.3 Å². The molecule has 2 aliphatic rings. The van der Waals surface area contributed by atoms with Crippen molar-refractivity contribution in [1.29, 1.82) is 0 Å². The van der Waals surface area contributed by atoms with E-state index in [1.807, 2.05) is 0 Å². The Morgan fingerprint density at radius 1 is 1.31 bits per heavy atom. The zero-order valence-corrected chi connectivity index (χ0v) is 11.1. The lowest BCUT2D eigenvalue weighted by molar-refractivity contribution is 0.186. The molecule has 0 spiro atoms. The standard InChI is InChI=1S/C13H27N3/c1-14-13(11-6-7-11)10-16-8-4-5-12(16)9-15(2)3/h11-14H,4-10H2,1-3H3. The van der Waals surface area contributed by atoms with Crippen molar-refractivity contribution in [2.75, 3.05) is 40.8 Å². The summed E-state index contributed by atoms with van der Waals surface area (Å²) in [7, 11) is 6.50. The molecule has 94 valence electrons. The van der Waals surface area contributed by atoms with Crippen LogP contribution in [0.15, 0.2) is 0 Å². The highest BCUT2D eigenvalue weighted by atomic mass is 15.2. The number of likely N-dealkylation sites (tertiary alicyclic amines) is 1. The third-order valence-corrected chi connectivity index (χ3v) is 4.07. The number of rotatable bonds is 6. The summed E-state index contributed by atoms with van der Waals surface area (Å²) in [5.41, 5.74) is 0. The molecule has 0 amide bonds. The molecule has 0 bridgehead atoms. The van der Waals surface area contributed by atoms with E-state index in [9.17, 15) is 0 Å². The van der Waals surface area contributed by atoms with Crippen molar-refractivity contribution in [2.24, 2.45) is 5.92 Å². The first-order valence-electron chi connectivity index (χ1n) is 6.76. The normalized spacial score (nSPS) is 28.9. The van der Waals surface area contributed by atoms with E-state index in [4.69, 9.17) is 0 Å². The number of likely N-dealkylation sites (N-methyl/N-ethyl adjacent to an activating group) is 2. The number of nitrogens with one attached hydrogen (secondary N) is 1. The fourth-order valence-corrected chi connectivity index (χ4v) is 2.99. The Kier molecular flexibility index (Phi) is 4.22. The van der Waals surface area contributed by atoms with Gasteiger partial charge in [0, 0.05) is 25.2 Å². The van der Waals surface area contributed by atoms with Crippen molar-refractivity contribution in [3.8, 4) is 0 Å². The topological polar surface area (TPSA) is 18.5 Å².